The first kappa shape index (κ1) is 24.3. The molecule has 40 heavy (non-hydrogen) atoms. The summed E-state index contributed by atoms with van der Waals surface area (Å²) >= 11 is 1.76. The Hall–Kier alpha value is -4.72. The molecule has 2 heterocycles. The van der Waals surface area contributed by atoms with E-state index in [9.17, 15) is 5.26 Å². The molecular formula is C36H25N3S. The molecule has 1 aliphatic heterocycles. The van der Waals surface area contributed by atoms with Crippen LogP contribution in [0.4, 0.5) is 0 Å². The second-order valence-corrected chi connectivity index (χ2v) is 11.7. The minimum absolute atomic E-state index is 0.258. The Balaban J connectivity index is 1.34. The smallest absolute Gasteiger partial charge is 0.160 e. The summed E-state index contributed by atoms with van der Waals surface area (Å²) in [5.74, 6) is 0.709. The van der Waals surface area contributed by atoms with Crippen LogP contribution in [0, 0.1) is 11.3 Å². The van der Waals surface area contributed by atoms with Crippen LogP contribution >= 0.6 is 11.8 Å². The van der Waals surface area contributed by atoms with Crippen molar-refractivity contribution in [2.24, 2.45) is 0 Å². The second-order valence-electron chi connectivity index (χ2n) is 10.6. The van der Waals surface area contributed by atoms with Gasteiger partial charge < -0.3 is 0 Å². The van der Waals surface area contributed by atoms with Crippen molar-refractivity contribution in [3.63, 3.8) is 0 Å². The SMILES string of the molecule is CC1(C)c2cc(C#N)ccc2Sc2ccc(-c3nc(-c4ccc(-c5ccccc5)cc4)c4ccccc4n3)cc21. The van der Waals surface area contributed by atoms with Crippen molar-refractivity contribution < 1.29 is 0 Å². The fraction of sp³-hybridized carbons (Fsp3) is 0.0833. The maximum atomic E-state index is 9.50. The fourth-order valence-corrected chi connectivity index (χ4v) is 6.92. The Bertz CT molecular complexity index is 1950. The van der Waals surface area contributed by atoms with Gasteiger partial charge >= 0.3 is 0 Å². The maximum absolute atomic E-state index is 9.50. The van der Waals surface area contributed by atoms with Crippen molar-refractivity contribution in [3.05, 3.63) is 132 Å². The number of fused-ring (bicyclic) bond motifs is 3. The lowest BCUT2D eigenvalue weighted by atomic mass is 9.76. The van der Waals surface area contributed by atoms with E-state index in [1.165, 1.54) is 32.0 Å². The standard InChI is InChI=1S/C36H25N3S/c1-36(2)29-20-23(22-37)12-18-32(29)40-33-19-17-27(21-30(33)36)35-38-31-11-7-6-10-28(31)34(39-35)26-15-13-25(14-16-26)24-8-4-3-5-9-24/h3-21H,1-2H3. The van der Waals surface area contributed by atoms with Crippen LogP contribution in [0.5, 0.6) is 0 Å². The van der Waals surface area contributed by atoms with Crippen LogP contribution in [0.25, 0.3) is 44.7 Å². The summed E-state index contributed by atoms with van der Waals surface area (Å²) in [6.45, 7) is 4.46. The molecule has 190 valence electrons. The Morgan fingerprint density at radius 2 is 1.25 bits per heavy atom. The number of hydrogen-bond acceptors (Lipinski definition) is 4. The first-order valence-electron chi connectivity index (χ1n) is 13.3. The van der Waals surface area contributed by atoms with Crippen LogP contribution in [-0.4, -0.2) is 9.97 Å². The second kappa shape index (κ2) is 9.48. The molecule has 1 aromatic heterocycles. The number of rotatable bonds is 3. The number of hydrogen-bond donors (Lipinski definition) is 0. The van der Waals surface area contributed by atoms with Gasteiger partial charge in [0.2, 0.25) is 0 Å². The first-order valence-corrected chi connectivity index (χ1v) is 14.1. The van der Waals surface area contributed by atoms with Gasteiger partial charge in [0.05, 0.1) is 22.8 Å². The highest BCUT2D eigenvalue weighted by molar-refractivity contribution is 7.99. The van der Waals surface area contributed by atoms with Gasteiger partial charge in [0.15, 0.2) is 5.82 Å². The molecule has 6 aromatic rings. The van der Waals surface area contributed by atoms with Crippen LogP contribution in [0.15, 0.2) is 125 Å². The molecule has 1 aliphatic rings. The highest BCUT2D eigenvalue weighted by Gasteiger charge is 2.33. The largest absolute Gasteiger partial charge is 0.228 e. The van der Waals surface area contributed by atoms with E-state index in [2.05, 4.69) is 105 Å². The Morgan fingerprint density at radius 1 is 0.625 bits per heavy atom. The Kier molecular flexibility index (Phi) is 5.77. The lowest BCUT2D eigenvalue weighted by molar-refractivity contribution is 0.607. The molecule has 0 spiro atoms. The van der Waals surface area contributed by atoms with Gasteiger partial charge in [-0.3, -0.25) is 0 Å². The van der Waals surface area contributed by atoms with Crippen LogP contribution in [0.3, 0.4) is 0 Å². The van der Waals surface area contributed by atoms with E-state index in [-0.39, 0.29) is 5.41 Å². The molecule has 0 atom stereocenters. The van der Waals surface area contributed by atoms with Crippen molar-refractivity contribution in [1.82, 2.24) is 9.97 Å². The van der Waals surface area contributed by atoms with Crippen molar-refractivity contribution in [3.8, 4) is 39.8 Å². The predicted octanol–water partition coefficient (Wildman–Crippen LogP) is 9.29. The number of para-hydroxylation sites is 1. The quantitative estimate of drug-likeness (QED) is 0.228. The van der Waals surface area contributed by atoms with E-state index < -0.39 is 0 Å². The van der Waals surface area contributed by atoms with E-state index in [0.29, 0.717) is 11.4 Å². The van der Waals surface area contributed by atoms with Gasteiger partial charge in [-0.2, -0.15) is 5.26 Å². The van der Waals surface area contributed by atoms with E-state index in [0.717, 1.165) is 27.7 Å². The maximum Gasteiger partial charge on any atom is 0.160 e. The van der Waals surface area contributed by atoms with Gasteiger partial charge in [0, 0.05) is 31.7 Å². The third-order valence-electron chi connectivity index (χ3n) is 7.78. The van der Waals surface area contributed by atoms with Crippen molar-refractivity contribution in [1.29, 1.82) is 5.26 Å². The van der Waals surface area contributed by atoms with Gasteiger partial charge in [-0.05, 0) is 58.7 Å². The average molecular weight is 532 g/mol. The van der Waals surface area contributed by atoms with E-state index in [1.807, 2.05) is 30.3 Å². The normalized spacial score (nSPS) is 13.3. The van der Waals surface area contributed by atoms with Crippen molar-refractivity contribution in [2.45, 2.75) is 29.1 Å². The first-order chi connectivity index (χ1) is 19.5. The molecule has 5 aromatic carbocycles. The lowest BCUT2D eigenvalue weighted by Gasteiger charge is -2.35. The number of aromatic nitrogens is 2. The van der Waals surface area contributed by atoms with Gasteiger partial charge in [0.1, 0.15) is 0 Å². The van der Waals surface area contributed by atoms with Gasteiger partial charge in [-0.25, -0.2) is 9.97 Å². The molecule has 3 nitrogen and oxygen atoms in total. The number of nitrogens with zero attached hydrogens (tertiary/aromatic N) is 3. The third kappa shape index (κ3) is 4.07. The van der Waals surface area contributed by atoms with E-state index >= 15 is 0 Å². The Morgan fingerprint density at radius 3 is 2.02 bits per heavy atom. The highest BCUT2D eigenvalue weighted by Crippen LogP contribution is 2.50. The minimum atomic E-state index is -0.258. The molecule has 0 N–H and O–H groups in total. The summed E-state index contributed by atoms with van der Waals surface area (Å²) in [5.41, 5.74) is 9.10. The molecule has 0 bridgehead atoms. The molecule has 0 amide bonds. The molecule has 0 unspecified atom stereocenters. The molecule has 0 saturated heterocycles. The molecule has 0 saturated carbocycles. The van der Waals surface area contributed by atoms with E-state index in [1.54, 1.807) is 11.8 Å². The van der Waals surface area contributed by atoms with Gasteiger partial charge in [0.25, 0.3) is 0 Å². The third-order valence-corrected chi connectivity index (χ3v) is 8.93. The van der Waals surface area contributed by atoms with Crippen LogP contribution in [0.2, 0.25) is 0 Å². The molecule has 0 aliphatic carbocycles. The van der Waals surface area contributed by atoms with Crippen molar-refractivity contribution >= 4 is 22.7 Å². The number of nitriles is 1. The summed E-state index contributed by atoms with van der Waals surface area (Å²) in [4.78, 5) is 12.6. The van der Waals surface area contributed by atoms with Gasteiger partial charge in [-0.15, -0.1) is 0 Å². The summed E-state index contributed by atoms with van der Waals surface area (Å²) in [7, 11) is 0. The van der Waals surface area contributed by atoms with E-state index in [4.69, 9.17) is 9.97 Å². The molecule has 0 radical (unpaired) electrons. The fourth-order valence-electron chi connectivity index (χ4n) is 5.56. The lowest BCUT2D eigenvalue weighted by Crippen LogP contribution is -2.24. The zero-order valence-corrected chi connectivity index (χ0v) is 23.0. The van der Waals surface area contributed by atoms with Crippen LogP contribution in [-0.2, 0) is 5.41 Å². The predicted molar refractivity (Wildman–Crippen MR) is 163 cm³/mol. The minimum Gasteiger partial charge on any atom is -0.228 e. The topological polar surface area (TPSA) is 49.6 Å². The summed E-state index contributed by atoms with van der Waals surface area (Å²) in [5, 5.41) is 10.5. The monoisotopic (exact) mass is 531 g/mol. The Labute approximate surface area is 238 Å². The highest BCUT2D eigenvalue weighted by atomic mass is 32.2. The summed E-state index contributed by atoms with van der Waals surface area (Å²) in [6, 6.07) is 42.1. The zero-order chi connectivity index (χ0) is 27.3. The number of benzene rings is 5. The van der Waals surface area contributed by atoms with Crippen LogP contribution < -0.4 is 0 Å². The summed E-state index contributed by atoms with van der Waals surface area (Å²) < 4.78 is 0. The molecular weight excluding hydrogens is 506 g/mol. The summed E-state index contributed by atoms with van der Waals surface area (Å²) in [6.07, 6.45) is 0. The van der Waals surface area contributed by atoms with Crippen molar-refractivity contribution in [2.75, 3.05) is 0 Å². The average Bonchev–Trinajstić information content (AvgIpc) is 3.01. The zero-order valence-electron chi connectivity index (χ0n) is 22.2. The van der Waals surface area contributed by atoms with Crippen LogP contribution in [0.1, 0.15) is 30.5 Å². The molecule has 0 fully saturated rings. The molecule has 4 heteroatoms. The molecule has 7 rings (SSSR count). The van der Waals surface area contributed by atoms with Gasteiger partial charge in [-0.1, -0.05) is 104 Å².